The summed E-state index contributed by atoms with van der Waals surface area (Å²) in [5, 5.41) is 8.73. The van der Waals surface area contributed by atoms with Crippen LogP contribution in [0.1, 0.15) is 38.5 Å². The van der Waals surface area contributed by atoms with Gasteiger partial charge in [-0.15, -0.1) is 0 Å². The molecule has 0 spiro atoms. The van der Waals surface area contributed by atoms with Crippen LogP contribution in [0.25, 0.3) is 0 Å². The monoisotopic (exact) mass is 284 g/mol. The van der Waals surface area contributed by atoms with Crippen molar-refractivity contribution in [3.8, 4) is 0 Å². The third-order valence-electron chi connectivity index (χ3n) is 4.26. The van der Waals surface area contributed by atoms with E-state index < -0.39 is 0 Å². The summed E-state index contributed by atoms with van der Waals surface area (Å²) in [6.07, 6.45) is 6.60. The van der Waals surface area contributed by atoms with Crippen molar-refractivity contribution in [3.63, 3.8) is 0 Å². The third kappa shape index (κ3) is 5.04. The van der Waals surface area contributed by atoms with Crippen molar-refractivity contribution in [2.24, 2.45) is 0 Å². The minimum Gasteiger partial charge on any atom is -0.396 e. The Bertz CT molecular complexity index is 285. The van der Waals surface area contributed by atoms with E-state index in [1.807, 2.05) is 4.90 Å². The van der Waals surface area contributed by atoms with Gasteiger partial charge in [0.1, 0.15) is 0 Å². The van der Waals surface area contributed by atoms with Gasteiger partial charge in [-0.25, -0.2) is 0 Å². The summed E-state index contributed by atoms with van der Waals surface area (Å²) in [5.41, 5.74) is 0. The van der Waals surface area contributed by atoms with Gasteiger partial charge < -0.3 is 14.7 Å². The van der Waals surface area contributed by atoms with Crippen molar-refractivity contribution >= 4 is 5.91 Å². The van der Waals surface area contributed by atoms with Crippen LogP contribution in [0, 0.1) is 0 Å². The molecule has 0 aromatic rings. The molecule has 0 saturated carbocycles. The van der Waals surface area contributed by atoms with Crippen molar-refractivity contribution in [1.29, 1.82) is 0 Å². The summed E-state index contributed by atoms with van der Waals surface area (Å²) >= 11 is 0. The van der Waals surface area contributed by atoms with Gasteiger partial charge in [0.2, 0.25) is 5.91 Å². The normalized spacial score (nSPS) is 22.1. The zero-order valence-electron chi connectivity index (χ0n) is 12.4. The van der Waals surface area contributed by atoms with Crippen LogP contribution in [0.15, 0.2) is 0 Å². The minimum atomic E-state index is 0.198. The van der Waals surface area contributed by atoms with Gasteiger partial charge >= 0.3 is 0 Å². The molecule has 1 amide bonds. The Labute approximate surface area is 121 Å². The van der Waals surface area contributed by atoms with Gasteiger partial charge in [0.05, 0.1) is 12.6 Å². The first-order valence-electron chi connectivity index (χ1n) is 8.02. The molecular weight excluding hydrogens is 256 g/mol. The first-order chi connectivity index (χ1) is 9.79. The molecule has 0 atom stereocenters. The van der Waals surface area contributed by atoms with Crippen molar-refractivity contribution in [1.82, 2.24) is 9.80 Å². The maximum Gasteiger partial charge on any atom is 0.236 e. The molecule has 0 aliphatic carbocycles. The molecule has 2 aliphatic rings. The van der Waals surface area contributed by atoms with Crippen LogP contribution < -0.4 is 0 Å². The van der Waals surface area contributed by atoms with Crippen LogP contribution in [0.2, 0.25) is 0 Å². The predicted octanol–water partition coefficient (Wildman–Crippen LogP) is 0.862. The summed E-state index contributed by atoms with van der Waals surface area (Å²) in [6, 6.07) is 0. The van der Waals surface area contributed by atoms with Gasteiger partial charge in [-0.1, -0.05) is 0 Å². The Morgan fingerprint density at radius 1 is 1.10 bits per heavy atom. The number of rotatable bonds is 6. The van der Waals surface area contributed by atoms with Gasteiger partial charge in [0.25, 0.3) is 0 Å². The van der Waals surface area contributed by atoms with Crippen LogP contribution in [-0.2, 0) is 9.53 Å². The van der Waals surface area contributed by atoms with Crippen molar-refractivity contribution in [2.45, 2.75) is 44.6 Å². The number of aliphatic hydroxyl groups excluding tert-OH is 1. The molecular formula is C15H28N2O3. The molecule has 0 bridgehead atoms. The Morgan fingerprint density at radius 2 is 1.80 bits per heavy atom. The Balaban J connectivity index is 1.62. The van der Waals surface area contributed by atoms with Crippen molar-refractivity contribution in [3.05, 3.63) is 0 Å². The van der Waals surface area contributed by atoms with E-state index in [4.69, 9.17) is 9.84 Å². The van der Waals surface area contributed by atoms with Crippen LogP contribution in [-0.4, -0.2) is 72.9 Å². The first kappa shape index (κ1) is 15.7. The highest BCUT2D eigenvalue weighted by molar-refractivity contribution is 5.78. The molecule has 2 rings (SSSR count). The highest BCUT2D eigenvalue weighted by Crippen LogP contribution is 2.15. The Kier molecular flexibility index (Phi) is 6.76. The zero-order valence-corrected chi connectivity index (χ0v) is 12.4. The zero-order chi connectivity index (χ0) is 14.2. The summed E-state index contributed by atoms with van der Waals surface area (Å²) in [6.45, 7) is 5.20. The number of carbonyl (C=O) groups excluding carboxylic acids is 1. The summed E-state index contributed by atoms with van der Waals surface area (Å²) in [7, 11) is 0. The van der Waals surface area contributed by atoms with Crippen molar-refractivity contribution < 1.29 is 14.6 Å². The molecule has 0 aromatic carbocycles. The molecule has 116 valence electrons. The standard InChI is InChI=1S/C15H28N2O3/c18-11-4-12-20-14-5-9-16(10-6-14)13-15(19)17-7-2-1-3-8-17/h14,18H,1-13H2. The lowest BCUT2D eigenvalue weighted by Crippen LogP contribution is -2.46. The van der Waals surface area contributed by atoms with Crippen LogP contribution in [0.4, 0.5) is 0 Å². The average molecular weight is 284 g/mol. The van der Waals surface area contributed by atoms with E-state index >= 15 is 0 Å². The second kappa shape index (κ2) is 8.60. The fourth-order valence-corrected chi connectivity index (χ4v) is 2.98. The number of nitrogens with zero attached hydrogens (tertiary/aromatic N) is 2. The van der Waals surface area contributed by atoms with E-state index in [-0.39, 0.29) is 6.61 Å². The maximum absolute atomic E-state index is 12.2. The third-order valence-corrected chi connectivity index (χ3v) is 4.26. The van der Waals surface area contributed by atoms with Crippen LogP contribution in [0.5, 0.6) is 0 Å². The summed E-state index contributed by atoms with van der Waals surface area (Å²) in [4.78, 5) is 16.5. The average Bonchev–Trinajstić information content (AvgIpc) is 2.50. The van der Waals surface area contributed by atoms with E-state index in [1.165, 1.54) is 6.42 Å². The number of hydrogen-bond acceptors (Lipinski definition) is 4. The molecule has 2 aliphatic heterocycles. The molecule has 1 N–H and O–H groups in total. The fraction of sp³-hybridized carbons (Fsp3) is 0.933. The molecule has 0 radical (unpaired) electrons. The van der Waals surface area contributed by atoms with Crippen LogP contribution in [0.3, 0.4) is 0 Å². The largest absolute Gasteiger partial charge is 0.396 e. The van der Waals surface area contributed by atoms with Gasteiger partial charge in [0, 0.05) is 39.4 Å². The fourth-order valence-electron chi connectivity index (χ4n) is 2.98. The minimum absolute atomic E-state index is 0.198. The van der Waals surface area contributed by atoms with Crippen LogP contribution >= 0.6 is 0 Å². The SMILES string of the molecule is O=C(CN1CCC(OCCCO)CC1)N1CCCCC1. The Morgan fingerprint density at radius 3 is 2.45 bits per heavy atom. The summed E-state index contributed by atoms with van der Waals surface area (Å²) in [5.74, 6) is 0.296. The van der Waals surface area contributed by atoms with E-state index in [2.05, 4.69) is 4.90 Å². The van der Waals surface area contributed by atoms with E-state index in [0.29, 0.717) is 31.6 Å². The molecule has 2 saturated heterocycles. The Hall–Kier alpha value is -0.650. The topological polar surface area (TPSA) is 53.0 Å². The highest BCUT2D eigenvalue weighted by Gasteiger charge is 2.23. The number of amides is 1. The van der Waals surface area contributed by atoms with E-state index in [0.717, 1.165) is 51.9 Å². The van der Waals surface area contributed by atoms with Gasteiger partial charge in [-0.05, 0) is 38.5 Å². The van der Waals surface area contributed by atoms with Gasteiger partial charge in [-0.3, -0.25) is 9.69 Å². The molecule has 2 heterocycles. The molecule has 5 nitrogen and oxygen atoms in total. The number of piperidine rings is 2. The van der Waals surface area contributed by atoms with Gasteiger partial charge in [-0.2, -0.15) is 0 Å². The molecule has 0 aromatic heterocycles. The number of aliphatic hydroxyl groups is 1. The second-order valence-electron chi connectivity index (χ2n) is 5.86. The highest BCUT2D eigenvalue weighted by atomic mass is 16.5. The number of ether oxygens (including phenoxy) is 1. The summed E-state index contributed by atoms with van der Waals surface area (Å²) < 4.78 is 5.71. The van der Waals surface area contributed by atoms with Crippen molar-refractivity contribution in [2.75, 3.05) is 45.9 Å². The second-order valence-corrected chi connectivity index (χ2v) is 5.86. The molecule has 5 heteroatoms. The van der Waals surface area contributed by atoms with E-state index in [9.17, 15) is 4.79 Å². The van der Waals surface area contributed by atoms with E-state index in [1.54, 1.807) is 0 Å². The number of carbonyl (C=O) groups is 1. The smallest absolute Gasteiger partial charge is 0.236 e. The van der Waals surface area contributed by atoms with Gasteiger partial charge in [0.15, 0.2) is 0 Å². The number of likely N-dealkylation sites (tertiary alicyclic amines) is 2. The lowest BCUT2D eigenvalue weighted by atomic mass is 10.1. The molecule has 20 heavy (non-hydrogen) atoms. The lowest BCUT2D eigenvalue weighted by molar-refractivity contribution is -0.134. The predicted molar refractivity (Wildman–Crippen MR) is 77.5 cm³/mol. The maximum atomic E-state index is 12.2. The lowest BCUT2D eigenvalue weighted by Gasteiger charge is -2.34. The molecule has 2 fully saturated rings. The first-order valence-corrected chi connectivity index (χ1v) is 8.02. The number of hydrogen-bond donors (Lipinski definition) is 1. The quantitative estimate of drug-likeness (QED) is 0.735. The molecule has 0 unspecified atom stereocenters.